The van der Waals surface area contributed by atoms with Gasteiger partial charge in [-0.3, -0.25) is 14.6 Å². The van der Waals surface area contributed by atoms with Crippen molar-refractivity contribution in [3.63, 3.8) is 0 Å². The molecule has 0 bridgehead atoms. The Hall–Kier alpha value is -2.63. The molecule has 1 heterocycles. The number of aryl methyl sites for hydroxylation is 1. The van der Waals surface area contributed by atoms with Crippen LogP contribution in [-0.4, -0.2) is 36.4 Å². The van der Waals surface area contributed by atoms with Crippen molar-refractivity contribution in [2.75, 3.05) is 18.9 Å². The highest BCUT2D eigenvalue weighted by molar-refractivity contribution is 6.07. The van der Waals surface area contributed by atoms with Crippen LogP contribution in [-0.2, 0) is 11.2 Å². The molecule has 0 saturated heterocycles. The fourth-order valence-electron chi connectivity index (χ4n) is 3.15. The second kappa shape index (κ2) is 8.37. The average molecular weight is 368 g/mol. The van der Waals surface area contributed by atoms with Crippen LogP contribution in [0.4, 0.5) is 5.69 Å². The normalized spacial score (nSPS) is 13.4. The number of amides is 2. The third-order valence-corrected chi connectivity index (χ3v) is 4.94. The third-order valence-electron chi connectivity index (χ3n) is 4.94. The van der Waals surface area contributed by atoms with E-state index in [-0.39, 0.29) is 11.8 Å². The van der Waals surface area contributed by atoms with Crippen molar-refractivity contribution >= 4 is 28.4 Å². The van der Waals surface area contributed by atoms with Crippen LogP contribution in [0.15, 0.2) is 18.3 Å². The molecular weight excluding hydrogens is 340 g/mol. The second-order valence-electron chi connectivity index (χ2n) is 7.22. The highest BCUT2D eigenvalue weighted by Gasteiger charge is 2.25. The number of aromatic nitrogens is 1. The first-order valence-corrected chi connectivity index (χ1v) is 9.71. The van der Waals surface area contributed by atoms with Crippen molar-refractivity contribution < 1.29 is 9.59 Å². The molecule has 0 atom stereocenters. The number of carbonyl (C=O) groups is 2. The minimum absolute atomic E-state index is 0.0208. The second-order valence-corrected chi connectivity index (χ2v) is 7.22. The van der Waals surface area contributed by atoms with Crippen LogP contribution in [0.25, 0.3) is 10.9 Å². The van der Waals surface area contributed by atoms with Gasteiger partial charge in [-0.25, -0.2) is 0 Å². The molecule has 1 aromatic heterocycles. The number of pyridine rings is 1. The number of hydrogen-bond acceptors (Lipinski definition) is 4. The fourth-order valence-corrected chi connectivity index (χ4v) is 3.15. The minimum atomic E-state index is -0.101. The Morgan fingerprint density at radius 2 is 2.04 bits per heavy atom. The largest absolute Gasteiger partial charge is 0.387 e. The van der Waals surface area contributed by atoms with E-state index >= 15 is 0 Å². The Morgan fingerprint density at radius 3 is 2.70 bits per heavy atom. The van der Waals surface area contributed by atoms with Gasteiger partial charge < -0.3 is 16.0 Å². The van der Waals surface area contributed by atoms with E-state index in [1.165, 1.54) is 0 Å². The van der Waals surface area contributed by atoms with Gasteiger partial charge in [-0.1, -0.05) is 13.3 Å². The van der Waals surface area contributed by atoms with Gasteiger partial charge in [-0.05, 0) is 49.4 Å². The molecule has 0 unspecified atom stereocenters. The maximum atomic E-state index is 12.5. The standard InChI is InChI=1S/C21H28N4O2/c1-4-5-8-23-19(26)11-14-10-16-18(9-13(14)2)24-12-17(20(16)22-3)21(27)25-15-6-7-15/h9-10,12,15H,4-8,11H2,1-3H3,(H,22,24)(H,23,26)(H,25,27). The van der Waals surface area contributed by atoms with E-state index < -0.39 is 0 Å². The van der Waals surface area contributed by atoms with Crippen molar-refractivity contribution in [3.05, 3.63) is 35.0 Å². The van der Waals surface area contributed by atoms with Gasteiger partial charge in [-0.2, -0.15) is 0 Å². The number of carbonyl (C=O) groups excluding carboxylic acids is 2. The first-order valence-electron chi connectivity index (χ1n) is 9.71. The predicted octanol–water partition coefficient (Wildman–Crippen LogP) is 2.94. The Bertz CT molecular complexity index is 859. The van der Waals surface area contributed by atoms with Crippen molar-refractivity contribution in [2.24, 2.45) is 0 Å². The lowest BCUT2D eigenvalue weighted by Gasteiger charge is -2.14. The van der Waals surface area contributed by atoms with Crippen LogP contribution in [0.5, 0.6) is 0 Å². The van der Waals surface area contributed by atoms with E-state index in [2.05, 4.69) is 27.9 Å². The molecule has 2 amide bonds. The van der Waals surface area contributed by atoms with Gasteiger partial charge in [0, 0.05) is 31.2 Å². The van der Waals surface area contributed by atoms with Gasteiger partial charge in [0.05, 0.1) is 23.2 Å². The van der Waals surface area contributed by atoms with Crippen molar-refractivity contribution in [1.29, 1.82) is 0 Å². The number of rotatable bonds is 8. The van der Waals surface area contributed by atoms with Gasteiger partial charge in [0.1, 0.15) is 0 Å². The monoisotopic (exact) mass is 368 g/mol. The van der Waals surface area contributed by atoms with Crippen LogP contribution in [0.1, 0.15) is 54.1 Å². The minimum Gasteiger partial charge on any atom is -0.387 e. The molecule has 6 nitrogen and oxygen atoms in total. The molecule has 1 fully saturated rings. The van der Waals surface area contributed by atoms with Crippen LogP contribution < -0.4 is 16.0 Å². The molecule has 0 radical (unpaired) electrons. The van der Waals surface area contributed by atoms with Gasteiger partial charge in [0.15, 0.2) is 0 Å². The summed E-state index contributed by atoms with van der Waals surface area (Å²) in [6, 6.07) is 4.25. The SMILES string of the molecule is CCCCNC(=O)Cc1cc2c(NC)c(C(=O)NC3CC3)cnc2cc1C. The first kappa shape index (κ1) is 19.1. The summed E-state index contributed by atoms with van der Waals surface area (Å²) in [5.41, 5.74) is 4.09. The van der Waals surface area contributed by atoms with Gasteiger partial charge in [-0.15, -0.1) is 0 Å². The number of unbranched alkanes of at least 4 members (excludes halogenated alkanes) is 1. The molecule has 1 aliphatic rings. The third kappa shape index (κ3) is 4.56. The van der Waals surface area contributed by atoms with E-state index in [9.17, 15) is 9.59 Å². The topological polar surface area (TPSA) is 83.1 Å². The number of anilines is 1. The fraction of sp³-hybridized carbons (Fsp3) is 0.476. The zero-order chi connectivity index (χ0) is 19.4. The van der Waals surface area contributed by atoms with Crippen LogP contribution in [0, 0.1) is 6.92 Å². The van der Waals surface area contributed by atoms with Crippen molar-refractivity contribution in [1.82, 2.24) is 15.6 Å². The Labute approximate surface area is 160 Å². The summed E-state index contributed by atoms with van der Waals surface area (Å²) in [5.74, 6) is -0.0804. The van der Waals surface area contributed by atoms with Crippen molar-refractivity contribution in [3.8, 4) is 0 Å². The number of hydrogen-bond donors (Lipinski definition) is 3. The molecule has 27 heavy (non-hydrogen) atoms. The lowest BCUT2D eigenvalue weighted by molar-refractivity contribution is -0.120. The molecule has 1 aromatic carbocycles. The maximum absolute atomic E-state index is 12.5. The van der Waals surface area contributed by atoms with Crippen molar-refractivity contribution in [2.45, 2.75) is 52.0 Å². The number of benzene rings is 1. The van der Waals surface area contributed by atoms with E-state index in [1.807, 2.05) is 19.1 Å². The molecule has 2 aromatic rings. The van der Waals surface area contributed by atoms with Crippen LogP contribution in [0.3, 0.4) is 0 Å². The van der Waals surface area contributed by atoms with Gasteiger partial charge >= 0.3 is 0 Å². The molecule has 1 saturated carbocycles. The quantitative estimate of drug-likeness (QED) is 0.626. The Kier molecular flexibility index (Phi) is 5.94. The van der Waals surface area contributed by atoms with E-state index in [0.29, 0.717) is 24.6 Å². The number of fused-ring (bicyclic) bond motifs is 1. The maximum Gasteiger partial charge on any atom is 0.255 e. The summed E-state index contributed by atoms with van der Waals surface area (Å²) in [6.07, 6.45) is 6.07. The number of nitrogens with zero attached hydrogens (tertiary/aromatic N) is 1. The summed E-state index contributed by atoms with van der Waals surface area (Å²) >= 11 is 0. The highest BCUT2D eigenvalue weighted by Crippen LogP contribution is 2.29. The molecule has 0 aliphatic heterocycles. The first-order chi connectivity index (χ1) is 13.0. The lowest BCUT2D eigenvalue weighted by atomic mass is 9.99. The summed E-state index contributed by atoms with van der Waals surface area (Å²) in [6.45, 7) is 4.79. The predicted molar refractivity (Wildman–Crippen MR) is 108 cm³/mol. The molecule has 144 valence electrons. The van der Waals surface area contributed by atoms with Gasteiger partial charge in [0.2, 0.25) is 5.91 Å². The molecule has 0 spiro atoms. The molecule has 1 aliphatic carbocycles. The van der Waals surface area contributed by atoms with Crippen LogP contribution in [0.2, 0.25) is 0 Å². The number of nitrogens with one attached hydrogen (secondary N) is 3. The summed E-state index contributed by atoms with van der Waals surface area (Å²) in [7, 11) is 1.81. The average Bonchev–Trinajstić information content (AvgIpc) is 3.45. The smallest absolute Gasteiger partial charge is 0.255 e. The molecular formula is C21H28N4O2. The zero-order valence-corrected chi connectivity index (χ0v) is 16.3. The molecule has 3 N–H and O–H groups in total. The van der Waals surface area contributed by atoms with E-state index in [4.69, 9.17) is 0 Å². The van der Waals surface area contributed by atoms with E-state index in [0.717, 1.165) is 53.4 Å². The lowest BCUT2D eigenvalue weighted by Crippen LogP contribution is -2.26. The summed E-state index contributed by atoms with van der Waals surface area (Å²) in [5, 5.41) is 9.99. The summed E-state index contributed by atoms with van der Waals surface area (Å²) in [4.78, 5) is 29.2. The van der Waals surface area contributed by atoms with Crippen LogP contribution >= 0.6 is 0 Å². The summed E-state index contributed by atoms with van der Waals surface area (Å²) < 4.78 is 0. The van der Waals surface area contributed by atoms with Gasteiger partial charge in [0.25, 0.3) is 5.91 Å². The van der Waals surface area contributed by atoms with E-state index in [1.54, 1.807) is 13.2 Å². The highest BCUT2D eigenvalue weighted by atomic mass is 16.2. The molecule has 3 rings (SSSR count). The Morgan fingerprint density at radius 1 is 1.26 bits per heavy atom. The molecule has 6 heteroatoms. The Balaban J connectivity index is 1.90. The zero-order valence-electron chi connectivity index (χ0n) is 16.3.